The molecule has 10 heteroatoms. The largest absolute Gasteiger partial charge is 0.359 e. The van der Waals surface area contributed by atoms with Crippen molar-refractivity contribution in [1.82, 2.24) is 19.9 Å². The lowest BCUT2D eigenvalue weighted by Crippen LogP contribution is -2.42. The predicted octanol–water partition coefficient (Wildman–Crippen LogP) is 2.38. The summed E-state index contributed by atoms with van der Waals surface area (Å²) in [5.41, 5.74) is 3.92. The molecule has 2 N–H and O–H groups in total. The molecular formula is C23H28N6O3S. The number of aromatic nitrogens is 3. The highest BCUT2D eigenvalue weighted by molar-refractivity contribution is 7.22. The van der Waals surface area contributed by atoms with Gasteiger partial charge >= 0.3 is 0 Å². The van der Waals surface area contributed by atoms with Gasteiger partial charge < -0.3 is 15.5 Å². The fraction of sp³-hybridized carbons (Fsp3) is 0.435. The van der Waals surface area contributed by atoms with Crippen molar-refractivity contribution in [2.75, 3.05) is 30.4 Å². The third kappa shape index (κ3) is 4.75. The number of aryl methyl sites for hydroxylation is 3. The van der Waals surface area contributed by atoms with Crippen molar-refractivity contribution in [2.45, 2.75) is 40.2 Å². The summed E-state index contributed by atoms with van der Waals surface area (Å²) in [5.74, 6) is -0.369. The number of carbonyl (C=O) groups excluding carboxylic acids is 2. The van der Waals surface area contributed by atoms with Crippen LogP contribution >= 0.6 is 11.3 Å². The van der Waals surface area contributed by atoms with Crippen molar-refractivity contribution in [3.05, 3.63) is 45.5 Å². The van der Waals surface area contributed by atoms with Crippen LogP contribution in [0.25, 0.3) is 10.3 Å². The number of amides is 2. The molecule has 1 aromatic carbocycles. The highest BCUT2D eigenvalue weighted by Crippen LogP contribution is 2.29. The van der Waals surface area contributed by atoms with Gasteiger partial charge in [-0.25, -0.2) is 4.98 Å². The van der Waals surface area contributed by atoms with Crippen molar-refractivity contribution in [3.8, 4) is 0 Å². The molecule has 0 bridgehead atoms. The molecule has 3 aromatic rings. The predicted molar refractivity (Wildman–Crippen MR) is 130 cm³/mol. The van der Waals surface area contributed by atoms with Gasteiger partial charge in [0.25, 0.3) is 5.56 Å². The summed E-state index contributed by atoms with van der Waals surface area (Å²) in [6, 6.07) is 4.02. The molecule has 3 heterocycles. The van der Waals surface area contributed by atoms with E-state index >= 15 is 0 Å². The zero-order valence-electron chi connectivity index (χ0n) is 19.3. The number of hydrogen-bond donors (Lipinski definition) is 2. The van der Waals surface area contributed by atoms with Gasteiger partial charge in [-0.15, -0.1) is 0 Å². The van der Waals surface area contributed by atoms with Crippen LogP contribution in [0.2, 0.25) is 0 Å². The van der Waals surface area contributed by atoms with E-state index in [0.29, 0.717) is 22.0 Å². The first kappa shape index (κ1) is 22.9. The van der Waals surface area contributed by atoms with E-state index in [2.05, 4.69) is 20.6 Å². The van der Waals surface area contributed by atoms with Crippen LogP contribution in [-0.4, -0.2) is 46.5 Å². The summed E-state index contributed by atoms with van der Waals surface area (Å²) in [4.78, 5) is 48.6. The van der Waals surface area contributed by atoms with Crippen LogP contribution in [-0.2, 0) is 16.1 Å². The van der Waals surface area contributed by atoms with Gasteiger partial charge in [0.1, 0.15) is 17.6 Å². The molecule has 9 nitrogen and oxygen atoms in total. The second kappa shape index (κ2) is 9.30. The Balaban J connectivity index is 1.53. The minimum absolute atomic E-state index is 0.0198. The average molecular weight is 469 g/mol. The van der Waals surface area contributed by atoms with E-state index in [0.717, 1.165) is 41.8 Å². The van der Waals surface area contributed by atoms with Crippen LogP contribution in [0.15, 0.2) is 23.3 Å². The molecule has 1 aliphatic heterocycles. The van der Waals surface area contributed by atoms with Crippen molar-refractivity contribution < 1.29 is 9.59 Å². The number of rotatable bonds is 5. The van der Waals surface area contributed by atoms with Crippen LogP contribution in [0.1, 0.15) is 29.5 Å². The van der Waals surface area contributed by atoms with Gasteiger partial charge in [-0.05, 0) is 44.7 Å². The standard InChI is InChI=1S/C23H28N6O3S/c1-13-8-14(2)18(15(3)9-13)26-17(30)11-29-12-25-20-19(22(29)32)33-23(27-20)28-7-5-6-16(10-28)21(31)24-4/h8-9,12,16H,5-7,10-11H2,1-4H3,(H,24,31)(H,26,30)/t16-/m0/s1. The first-order valence-corrected chi connectivity index (χ1v) is 11.8. The number of nitrogens with zero attached hydrogens (tertiary/aromatic N) is 4. The lowest BCUT2D eigenvalue weighted by molar-refractivity contribution is -0.124. The molecule has 0 radical (unpaired) electrons. The highest BCUT2D eigenvalue weighted by Gasteiger charge is 2.27. The van der Waals surface area contributed by atoms with Gasteiger partial charge in [-0.3, -0.25) is 19.0 Å². The molecule has 174 valence electrons. The zero-order chi connectivity index (χ0) is 23.7. The Morgan fingerprint density at radius 2 is 1.94 bits per heavy atom. The number of hydrogen-bond acceptors (Lipinski definition) is 7. The van der Waals surface area contributed by atoms with Crippen LogP contribution in [0, 0.1) is 26.7 Å². The highest BCUT2D eigenvalue weighted by atomic mass is 32.1. The third-order valence-electron chi connectivity index (χ3n) is 5.94. The molecule has 33 heavy (non-hydrogen) atoms. The summed E-state index contributed by atoms with van der Waals surface area (Å²) < 4.78 is 1.72. The number of carbonyl (C=O) groups is 2. The van der Waals surface area contributed by atoms with Gasteiger partial charge in [0, 0.05) is 25.8 Å². The van der Waals surface area contributed by atoms with Crippen molar-refractivity contribution in [1.29, 1.82) is 0 Å². The molecule has 4 rings (SSSR count). The molecule has 0 unspecified atom stereocenters. The first-order valence-electron chi connectivity index (χ1n) is 11.0. The Morgan fingerprint density at radius 3 is 2.64 bits per heavy atom. The maximum absolute atomic E-state index is 13.0. The van der Waals surface area contributed by atoms with E-state index in [1.807, 2.05) is 37.8 Å². The quantitative estimate of drug-likeness (QED) is 0.595. The van der Waals surface area contributed by atoms with Crippen molar-refractivity contribution in [2.24, 2.45) is 5.92 Å². The molecule has 2 amide bonds. The van der Waals surface area contributed by atoms with Crippen molar-refractivity contribution >= 4 is 44.3 Å². The normalized spacial score (nSPS) is 16.1. The van der Waals surface area contributed by atoms with Crippen LogP contribution in [0.4, 0.5) is 10.8 Å². The Kier molecular flexibility index (Phi) is 6.46. The first-order chi connectivity index (χ1) is 15.8. The SMILES string of the molecule is CNC(=O)[C@H]1CCCN(c2nc3ncn(CC(=O)Nc4c(C)cc(C)cc4C)c(=O)c3s2)C1. The lowest BCUT2D eigenvalue weighted by atomic mass is 9.98. The summed E-state index contributed by atoms with van der Waals surface area (Å²) >= 11 is 1.26. The van der Waals surface area contributed by atoms with Gasteiger partial charge in [0.2, 0.25) is 11.8 Å². The molecule has 1 aliphatic rings. The van der Waals surface area contributed by atoms with Crippen LogP contribution < -0.4 is 21.1 Å². The van der Waals surface area contributed by atoms with E-state index < -0.39 is 0 Å². The third-order valence-corrected chi connectivity index (χ3v) is 7.03. The van der Waals surface area contributed by atoms with Crippen molar-refractivity contribution in [3.63, 3.8) is 0 Å². The summed E-state index contributed by atoms with van der Waals surface area (Å²) in [6.07, 6.45) is 3.08. The fourth-order valence-electron chi connectivity index (χ4n) is 4.36. The van der Waals surface area contributed by atoms with E-state index in [9.17, 15) is 14.4 Å². The second-order valence-electron chi connectivity index (χ2n) is 8.55. The van der Waals surface area contributed by atoms with Crippen LogP contribution in [0.3, 0.4) is 0 Å². The molecular weight excluding hydrogens is 440 g/mol. The summed E-state index contributed by atoms with van der Waals surface area (Å²) in [7, 11) is 1.64. The monoisotopic (exact) mass is 468 g/mol. The molecule has 1 atom stereocenters. The van der Waals surface area contributed by atoms with Gasteiger partial charge in [0.05, 0.1) is 5.92 Å². The lowest BCUT2D eigenvalue weighted by Gasteiger charge is -2.31. The molecule has 1 saturated heterocycles. The van der Waals surface area contributed by atoms with E-state index in [4.69, 9.17) is 0 Å². The number of benzene rings is 1. The Morgan fingerprint density at radius 1 is 1.21 bits per heavy atom. The summed E-state index contributed by atoms with van der Waals surface area (Å²) in [5, 5.41) is 6.31. The number of fused-ring (bicyclic) bond motifs is 1. The number of anilines is 2. The molecule has 2 aromatic heterocycles. The Bertz CT molecular complexity index is 1260. The molecule has 1 fully saturated rings. The Labute approximate surface area is 195 Å². The molecule has 0 aliphatic carbocycles. The second-order valence-corrected chi connectivity index (χ2v) is 9.53. The number of thiazole rings is 1. The maximum atomic E-state index is 13.0. The zero-order valence-corrected chi connectivity index (χ0v) is 20.1. The minimum atomic E-state index is -0.295. The molecule has 0 saturated carbocycles. The van der Waals surface area contributed by atoms with E-state index in [1.54, 1.807) is 7.05 Å². The minimum Gasteiger partial charge on any atom is -0.359 e. The average Bonchev–Trinajstić information content (AvgIpc) is 3.23. The smallest absolute Gasteiger partial charge is 0.273 e. The summed E-state index contributed by atoms with van der Waals surface area (Å²) in [6.45, 7) is 7.11. The topological polar surface area (TPSA) is 109 Å². The van der Waals surface area contributed by atoms with E-state index in [-0.39, 0.29) is 29.8 Å². The van der Waals surface area contributed by atoms with E-state index in [1.165, 1.54) is 22.2 Å². The van der Waals surface area contributed by atoms with Gasteiger partial charge in [-0.1, -0.05) is 29.0 Å². The van der Waals surface area contributed by atoms with Gasteiger partial charge in [0.15, 0.2) is 10.8 Å². The van der Waals surface area contributed by atoms with Gasteiger partial charge in [-0.2, -0.15) is 4.98 Å². The Hall–Kier alpha value is -3.27. The number of nitrogens with one attached hydrogen (secondary N) is 2. The number of piperidine rings is 1. The maximum Gasteiger partial charge on any atom is 0.273 e. The molecule has 0 spiro atoms. The fourth-order valence-corrected chi connectivity index (χ4v) is 5.37. The van der Waals surface area contributed by atoms with Crippen LogP contribution in [0.5, 0.6) is 0 Å².